The molecule has 0 aromatic carbocycles. The Labute approximate surface area is 113 Å². The Bertz CT molecular complexity index is 124. The Morgan fingerprint density at radius 2 is 1.11 bits per heavy atom. The van der Waals surface area contributed by atoms with Gasteiger partial charge in [0.25, 0.3) is 0 Å². The van der Waals surface area contributed by atoms with Gasteiger partial charge in [0, 0.05) is 39.6 Å². The Balaban J connectivity index is 2.86. The van der Waals surface area contributed by atoms with Gasteiger partial charge in [-0.05, 0) is 25.7 Å². The van der Waals surface area contributed by atoms with Gasteiger partial charge in [-0.2, -0.15) is 0 Å². The van der Waals surface area contributed by atoms with Gasteiger partial charge < -0.3 is 14.2 Å². The van der Waals surface area contributed by atoms with E-state index in [4.69, 9.17) is 14.2 Å². The lowest BCUT2D eigenvalue weighted by molar-refractivity contribution is 0.0633. The van der Waals surface area contributed by atoms with E-state index in [9.17, 15) is 0 Å². The molecule has 0 rings (SSSR count). The summed E-state index contributed by atoms with van der Waals surface area (Å²) in [5, 5.41) is 0. The van der Waals surface area contributed by atoms with E-state index in [0.717, 1.165) is 58.9 Å². The molecule has 0 fully saturated rings. The van der Waals surface area contributed by atoms with Crippen LogP contribution in [0.15, 0.2) is 0 Å². The molecule has 3 nitrogen and oxygen atoms in total. The molecule has 0 heterocycles. The van der Waals surface area contributed by atoms with Crippen LogP contribution in [0.3, 0.4) is 0 Å². The summed E-state index contributed by atoms with van der Waals surface area (Å²) >= 11 is 0. The van der Waals surface area contributed by atoms with Crippen LogP contribution in [0.4, 0.5) is 0 Å². The number of hydrogen-bond donors (Lipinski definition) is 0. The third-order valence-electron chi connectivity index (χ3n) is 2.59. The van der Waals surface area contributed by atoms with E-state index in [1.807, 2.05) is 0 Å². The molecule has 109 valence electrons. The molecule has 3 heteroatoms. The third-order valence-corrected chi connectivity index (χ3v) is 2.59. The van der Waals surface area contributed by atoms with Crippen molar-refractivity contribution in [2.24, 2.45) is 0 Å². The lowest BCUT2D eigenvalue weighted by atomic mass is 10.2. The van der Waals surface area contributed by atoms with Crippen LogP contribution in [0.1, 0.15) is 51.9 Å². The maximum Gasteiger partial charge on any atom is 0.0488 e. The molecule has 0 aliphatic rings. The Morgan fingerprint density at radius 1 is 0.611 bits per heavy atom. The summed E-state index contributed by atoms with van der Waals surface area (Å²) < 4.78 is 16.3. The normalized spacial score (nSPS) is 11.0. The van der Waals surface area contributed by atoms with Gasteiger partial charge in [-0.15, -0.1) is 0 Å². The molecule has 0 aromatic heterocycles. The predicted molar refractivity (Wildman–Crippen MR) is 75.8 cm³/mol. The number of rotatable bonds is 15. The Morgan fingerprint density at radius 3 is 1.61 bits per heavy atom. The lowest BCUT2D eigenvalue weighted by Crippen LogP contribution is -2.05. The van der Waals surface area contributed by atoms with Gasteiger partial charge in [-0.25, -0.2) is 0 Å². The standard InChI is InChI=1S/C15H31O3/c1-3-5-6-7-11-17-13-9-15-18-14-8-12-16-10-4-2/h2-15H2,1H3. The van der Waals surface area contributed by atoms with Crippen molar-refractivity contribution in [3.63, 3.8) is 0 Å². The summed E-state index contributed by atoms with van der Waals surface area (Å²) in [4.78, 5) is 0. The molecular weight excluding hydrogens is 228 g/mol. The highest BCUT2D eigenvalue weighted by Crippen LogP contribution is 1.99. The first kappa shape index (κ1) is 17.9. The summed E-state index contributed by atoms with van der Waals surface area (Å²) in [5.74, 6) is 0. The first-order valence-electron chi connectivity index (χ1n) is 7.44. The second-order valence-electron chi connectivity index (χ2n) is 4.46. The van der Waals surface area contributed by atoms with E-state index in [0.29, 0.717) is 0 Å². The van der Waals surface area contributed by atoms with Crippen LogP contribution in [-0.4, -0.2) is 39.6 Å². The van der Waals surface area contributed by atoms with Gasteiger partial charge in [0.15, 0.2) is 0 Å². The quantitative estimate of drug-likeness (QED) is 0.420. The second-order valence-corrected chi connectivity index (χ2v) is 4.46. The van der Waals surface area contributed by atoms with Gasteiger partial charge in [0.1, 0.15) is 0 Å². The minimum absolute atomic E-state index is 0.756. The Hall–Kier alpha value is -0.120. The number of unbranched alkanes of at least 4 members (excludes halogenated alkanes) is 3. The van der Waals surface area contributed by atoms with Crippen LogP contribution in [0.2, 0.25) is 0 Å². The highest BCUT2D eigenvalue weighted by atomic mass is 16.5. The molecule has 1 radical (unpaired) electrons. The smallest absolute Gasteiger partial charge is 0.0488 e. The molecule has 0 unspecified atom stereocenters. The summed E-state index contributed by atoms with van der Waals surface area (Å²) in [6, 6.07) is 0. The molecule has 0 aliphatic heterocycles. The van der Waals surface area contributed by atoms with Crippen molar-refractivity contribution in [1.29, 1.82) is 0 Å². The van der Waals surface area contributed by atoms with E-state index < -0.39 is 0 Å². The van der Waals surface area contributed by atoms with Crippen LogP contribution >= 0.6 is 0 Å². The summed E-state index contributed by atoms with van der Waals surface area (Å²) in [7, 11) is 0. The molecule has 0 spiro atoms. The van der Waals surface area contributed by atoms with Crippen LogP contribution < -0.4 is 0 Å². The van der Waals surface area contributed by atoms with Crippen molar-refractivity contribution < 1.29 is 14.2 Å². The SMILES string of the molecule is [CH2]CCOCCCOCCCOCCCCCC. The molecule has 18 heavy (non-hydrogen) atoms. The van der Waals surface area contributed by atoms with Gasteiger partial charge in [0.2, 0.25) is 0 Å². The van der Waals surface area contributed by atoms with Crippen molar-refractivity contribution in [3.05, 3.63) is 6.92 Å². The van der Waals surface area contributed by atoms with E-state index in [1.54, 1.807) is 0 Å². The highest BCUT2D eigenvalue weighted by Gasteiger charge is 1.92. The third kappa shape index (κ3) is 15.9. The monoisotopic (exact) mass is 259 g/mol. The van der Waals surface area contributed by atoms with Crippen molar-refractivity contribution in [3.8, 4) is 0 Å². The van der Waals surface area contributed by atoms with Crippen molar-refractivity contribution >= 4 is 0 Å². The number of ether oxygens (including phenoxy) is 3. The molecular formula is C15H31O3. The zero-order valence-electron chi connectivity index (χ0n) is 12.1. The molecule has 0 saturated carbocycles. The topological polar surface area (TPSA) is 27.7 Å². The minimum atomic E-state index is 0.756. The average molecular weight is 259 g/mol. The van der Waals surface area contributed by atoms with Crippen molar-refractivity contribution in [2.75, 3.05) is 39.6 Å². The molecule has 0 atom stereocenters. The molecule has 0 bridgehead atoms. The van der Waals surface area contributed by atoms with Gasteiger partial charge in [-0.1, -0.05) is 33.1 Å². The molecule has 0 N–H and O–H groups in total. The zero-order chi connectivity index (χ0) is 13.3. The van der Waals surface area contributed by atoms with Crippen molar-refractivity contribution in [1.82, 2.24) is 0 Å². The Kier molecular flexibility index (Phi) is 16.8. The average Bonchev–Trinajstić information content (AvgIpc) is 2.39. The first-order chi connectivity index (χ1) is 8.91. The van der Waals surface area contributed by atoms with Crippen LogP contribution in [0.25, 0.3) is 0 Å². The van der Waals surface area contributed by atoms with E-state index in [-0.39, 0.29) is 0 Å². The maximum absolute atomic E-state index is 5.53. The van der Waals surface area contributed by atoms with Gasteiger partial charge >= 0.3 is 0 Å². The van der Waals surface area contributed by atoms with E-state index >= 15 is 0 Å². The molecule has 0 aromatic rings. The molecule has 0 aliphatic carbocycles. The summed E-state index contributed by atoms with van der Waals surface area (Å²) in [6.45, 7) is 10.8. The fourth-order valence-electron chi connectivity index (χ4n) is 1.57. The van der Waals surface area contributed by atoms with Crippen LogP contribution in [-0.2, 0) is 14.2 Å². The highest BCUT2D eigenvalue weighted by molar-refractivity contribution is 4.42. The van der Waals surface area contributed by atoms with E-state index in [2.05, 4.69) is 13.8 Å². The summed E-state index contributed by atoms with van der Waals surface area (Å²) in [6.07, 6.45) is 7.90. The zero-order valence-corrected chi connectivity index (χ0v) is 12.1. The maximum atomic E-state index is 5.53. The molecule has 0 amide bonds. The fourth-order valence-corrected chi connectivity index (χ4v) is 1.57. The first-order valence-corrected chi connectivity index (χ1v) is 7.44. The second kappa shape index (κ2) is 16.9. The van der Waals surface area contributed by atoms with Gasteiger partial charge in [0.05, 0.1) is 0 Å². The van der Waals surface area contributed by atoms with Crippen LogP contribution in [0, 0.1) is 6.92 Å². The van der Waals surface area contributed by atoms with Crippen molar-refractivity contribution in [2.45, 2.75) is 51.9 Å². The molecule has 0 saturated heterocycles. The minimum Gasteiger partial charge on any atom is -0.381 e. The lowest BCUT2D eigenvalue weighted by Gasteiger charge is -2.06. The van der Waals surface area contributed by atoms with E-state index in [1.165, 1.54) is 25.7 Å². The largest absolute Gasteiger partial charge is 0.381 e. The van der Waals surface area contributed by atoms with Gasteiger partial charge in [-0.3, -0.25) is 0 Å². The predicted octanol–water partition coefficient (Wildman–Crippen LogP) is 3.62. The number of hydrogen-bond acceptors (Lipinski definition) is 3. The fraction of sp³-hybridized carbons (Fsp3) is 0.933. The summed E-state index contributed by atoms with van der Waals surface area (Å²) in [5.41, 5.74) is 0. The van der Waals surface area contributed by atoms with Crippen LogP contribution in [0.5, 0.6) is 0 Å².